The van der Waals surface area contributed by atoms with Crippen molar-refractivity contribution in [2.24, 2.45) is 0 Å². The van der Waals surface area contributed by atoms with Crippen molar-refractivity contribution in [3.05, 3.63) is 17.0 Å². The van der Waals surface area contributed by atoms with Crippen molar-refractivity contribution < 1.29 is 14.1 Å². The Morgan fingerprint density at radius 1 is 1.29 bits per heavy atom. The highest BCUT2D eigenvalue weighted by molar-refractivity contribution is 5.98. The molecule has 2 fully saturated rings. The second-order valence-electron chi connectivity index (χ2n) is 6.18. The molecular formula is C15H21N3O3. The van der Waals surface area contributed by atoms with Gasteiger partial charge in [-0.3, -0.25) is 9.59 Å². The van der Waals surface area contributed by atoms with E-state index in [0.29, 0.717) is 5.76 Å². The molecule has 1 saturated carbocycles. The summed E-state index contributed by atoms with van der Waals surface area (Å²) in [6.45, 7) is 5.74. The molecule has 114 valence electrons. The molecular weight excluding hydrogens is 270 g/mol. The Labute approximate surface area is 123 Å². The largest absolute Gasteiger partial charge is 0.361 e. The van der Waals surface area contributed by atoms with E-state index >= 15 is 0 Å². The number of hydrogen-bond donors (Lipinski definition) is 1. The molecule has 3 rings (SSSR count). The molecule has 0 aromatic carbocycles. The topological polar surface area (TPSA) is 75.4 Å². The highest BCUT2D eigenvalue weighted by Gasteiger charge is 2.49. The van der Waals surface area contributed by atoms with Gasteiger partial charge in [0.2, 0.25) is 11.8 Å². The SMILES string of the molecule is Cc1noc(C)c1C(C)N1CC(=O)NC2(CCCC2)C1=O. The van der Waals surface area contributed by atoms with Crippen molar-refractivity contribution in [1.29, 1.82) is 0 Å². The van der Waals surface area contributed by atoms with Crippen molar-refractivity contribution in [3.8, 4) is 0 Å². The molecule has 1 aromatic rings. The molecule has 0 bridgehead atoms. The number of amides is 2. The van der Waals surface area contributed by atoms with Gasteiger partial charge in [-0.2, -0.15) is 0 Å². The number of nitrogens with zero attached hydrogens (tertiary/aromatic N) is 2. The van der Waals surface area contributed by atoms with Gasteiger partial charge in [0.15, 0.2) is 0 Å². The first-order valence-corrected chi connectivity index (χ1v) is 7.49. The molecule has 1 saturated heterocycles. The zero-order valence-corrected chi connectivity index (χ0v) is 12.7. The van der Waals surface area contributed by atoms with E-state index in [-0.39, 0.29) is 24.4 Å². The standard InChI is InChI=1S/C15H21N3O3/c1-9-13(11(3)21-17-9)10(2)18-8-12(19)16-15(14(18)20)6-4-5-7-15/h10H,4-8H2,1-3H3,(H,16,19). The van der Waals surface area contributed by atoms with Gasteiger partial charge < -0.3 is 14.7 Å². The van der Waals surface area contributed by atoms with Gasteiger partial charge in [0, 0.05) is 5.56 Å². The van der Waals surface area contributed by atoms with Crippen LogP contribution < -0.4 is 5.32 Å². The molecule has 21 heavy (non-hydrogen) atoms. The lowest BCUT2D eigenvalue weighted by molar-refractivity contribution is -0.152. The van der Waals surface area contributed by atoms with E-state index in [1.54, 1.807) is 4.90 Å². The second-order valence-corrected chi connectivity index (χ2v) is 6.18. The normalized spacial score (nSPS) is 22.7. The number of nitrogens with one attached hydrogen (secondary N) is 1. The Hall–Kier alpha value is -1.85. The number of aromatic nitrogens is 1. The fourth-order valence-corrected chi connectivity index (χ4v) is 3.73. The van der Waals surface area contributed by atoms with Gasteiger partial charge in [-0.15, -0.1) is 0 Å². The molecule has 1 spiro atoms. The highest BCUT2D eigenvalue weighted by atomic mass is 16.5. The van der Waals surface area contributed by atoms with Crippen molar-refractivity contribution in [3.63, 3.8) is 0 Å². The summed E-state index contributed by atoms with van der Waals surface area (Å²) in [5.74, 6) is 0.668. The minimum absolute atomic E-state index is 0.0344. The molecule has 1 atom stereocenters. The summed E-state index contributed by atoms with van der Waals surface area (Å²) >= 11 is 0. The summed E-state index contributed by atoms with van der Waals surface area (Å²) in [5, 5.41) is 6.88. The van der Waals surface area contributed by atoms with Crippen LogP contribution in [0.4, 0.5) is 0 Å². The fourth-order valence-electron chi connectivity index (χ4n) is 3.73. The van der Waals surface area contributed by atoms with Crippen LogP contribution in [0, 0.1) is 13.8 Å². The Morgan fingerprint density at radius 3 is 2.52 bits per heavy atom. The van der Waals surface area contributed by atoms with Gasteiger partial charge in [0.1, 0.15) is 17.8 Å². The molecule has 0 radical (unpaired) electrons. The summed E-state index contributed by atoms with van der Waals surface area (Å²) < 4.78 is 5.20. The predicted molar refractivity (Wildman–Crippen MR) is 75.4 cm³/mol. The minimum atomic E-state index is -0.678. The van der Waals surface area contributed by atoms with Gasteiger partial charge >= 0.3 is 0 Å². The quantitative estimate of drug-likeness (QED) is 0.898. The molecule has 1 aromatic heterocycles. The van der Waals surface area contributed by atoms with Crippen LogP contribution in [-0.2, 0) is 9.59 Å². The third-order valence-corrected chi connectivity index (χ3v) is 4.79. The van der Waals surface area contributed by atoms with E-state index in [4.69, 9.17) is 4.52 Å². The van der Waals surface area contributed by atoms with E-state index < -0.39 is 5.54 Å². The van der Waals surface area contributed by atoms with Crippen molar-refractivity contribution in [2.45, 2.75) is 58.0 Å². The Morgan fingerprint density at radius 2 is 1.95 bits per heavy atom. The van der Waals surface area contributed by atoms with Crippen molar-refractivity contribution >= 4 is 11.8 Å². The zero-order valence-electron chi connectivity index (χ0n) is 12.7. The van der Waals surface area contributed by atoms with Crippen LogP contribution in [0.5, 0.6) is 0 Å². The number of piperazine rings is 1. The number of rotatable bonds is 2. The molecule has 6 heteroatoms. The molecule has 2 amide bonds. The molecule has 6 nitrogen and oxygen atoms in total. The maximum atomic E-state index is 12.9. The summed E-state index contributed by atoms with van der Waals surface area (Å²) in [7, 11) is 0. The molecule has 1 N–H and O–H groups in total. The Kier molecular flexibility index (Phi) is 3.26. The number of aryl methyl sites for hydroxylation is 2. The Bertz CT molecular complexity index is 567. The summed E-state index contributed by atoms with van der Waals surface area (Å²) in [5.41, 5.74) is 1.01. The number of hydrogen-bond acceptors (Lipinski definition) is 4. The zero-order chi connectivity index (χ0) is 15.2. The lowest BCUT2D eigenvalue weighted by Gasteiger charge is -2.42. The minimum Gasteiger partial charge on any atom is -0.361 e. The maximum Gasteiger partial charge on any atom is 0.249 e. The third-order valence-electron chi connectivity index (χ3n) is 4.79. The fraction of sp³-hybridized carbons (Fsp3) is 0.667. The van der Waals surface area contributed by atoms with Crippen LogP contribution in [0.2, 0.25) is 0 Å². The van der Waals surface area contributed by atoms with Crippen LogP contribution in [-0.4, -0.2) is 34.0 Å². The highest BCUT2D eigenvalue weighted by Crippen LogP contribution is 2.37. The second kappa shape index (κ2) is 4.86. The summed E-state index contributed by atoms with van der Waals surface area (Å²) in [6, 6.07) is -0.202. The summed E-state index contributed by atoms with van der Waals surface area (Å²) in [4.78, 5) is 26.7. The van der Waals surface area contributed by atoms with Gasteiger partial charge in [0.25, 0.3) is 0 Å². The van der Waals surface area contributed by atoms with E-state index in [1.807, 2.05) is 20.8 Å². The first-order chi connectivity index (χ1) is 9.94. The maximum absolute atomic E-state index is 12.9. The van der Waals surface area contributed by atoms with Gasteiger partial charge in [-0.25, -0.2) is 0 Å². The van der Waals surface area contributed by atoms with Crippen LogP contribution in [0.15, 0.2) is 4.52 Å². The lowest BCUT2D eigenvalue weighted by atomic mass is 9.91. The number of carbonyl (C=O) groups excluding carboxylic acids is 2. The van der Waals surface area contributed by atoms with E-state index in [1.165, 1.54) is 0 Å². The molecule has 1 aliphatic heterocycles. The van der Waals surface area contributed by atoms with E-state index in [9.17, 15) is 9.59 Å². The van der Waals surface area contributed by atoms with Gasteiger partial charge in [-0.1, -0.05) is 18.0 Å². The summed E-state index contributed by atoms with van der Waals surface area (Å²) in [6.07, 6.45) is 3.45. The van der Waals surface area contributed by atoms with Gasteiger partial charge in [-0.05, 0) is 33.6 Å². The third kappa shape index (κ3) is 2.13. The van der Waals surface area contributed by atoms with Crippen LogP contribution in [0.25, 0.3) is 0 Å². The number of carbonyl (C=O) groups is 2. The van der Waals surface area contributed by atoms with E-state index in [2.05, 4.69) is 10.5 Å². The van der Waals surface area contributed by atoms with Crippen molar-refractivity contribution in [2.75, 3.05) is 6.54 Å². The smallest absolute Gasteiger partial charge is 0.249 e. The molecule has 1 unspecified atom stereocenters. The van der Waals surface area contributed by atoms with Gasteiger partial charge in [0.05, 0.1) is 11.7 Å². The predicted octanol–water partition coefficient (Wildman–Crippen LogP) is 1.62. The first-order valence-electron chi connectivity index (χ1n) is 7.49. The molecule has 1 aliphatic carbocycles. The van der Waals surface area contributed by atoms with Crippen LogP contribution in [0.1, 0.15) is 55.7 Å². The molecule has 2 heterocycles. The average Bonchev–Trinajstić information content (AvgIpc) is 3.02. The average molecular weight is 291 g/mol. The van der Waals surface area contributed by atoms with Crippen molar-refractivity contribution in [1.82, 2.24) is 15.4 Å². The lowest BCUT2D eigenvalue weighted by Crippen LogP contribution is -2.65. The van der Waals surface area contributed by atoms with Crippen LogP contribution in [0.3, 0.4) is 0 Å². The van der Waals surface area contributed by atoms with E-state index in [0.717, 1.165) is 36.9 Å². The monoisotopic (exact) mass is 291 g/mol. The molecule has 2 aliphatic rings. The first kappa shape index (κ1) is 14.1. The Balaban J connectivity index is 1.93. The van der Waals surface area contributed by atoms with Crippen LogP contribution >= 0.6 is 0 Å².